The summed E-state index contributed by atoms with van der Waals surface area (Å²) in [7, 11) is 1.63. The monoisotopic (exact) mass is 279 g/mol. The van der Waals surface area contributed by atoms with Crippen LogP contribution in [0.3, 0.4) is 0 Å². The summed E-state index contributed by atoms with van der Waals surface area (Å²) in [6.07, 6.45) is 0. The third-order valence-electron chi connectivity index (χ3n) is 2.46. The van der Waals surface area contributed by atoms with E-state index in [1.165, 1.54) is 0 Å². The lowest BCUT2D eigenvalue weighted by atomic mass is 10.1. The van der Waals surface area contributed by atoms with Crippen LogP contribution in [-0.4, -0.2) is 25.2 Å². The second kappa shape index (κ2) is 7.03. The van der Waals surface area contributed by atoms with Crippen LogP contribution in [0.1, 0.15) is 33.3 Å². The molecule has 0 unspecified atom stereocenters. The first-order chi connectivity index (χ1) is 9.35. The maximum absolute atomic E-state index is 5.84. The van der Waals surface area contributed by atoms with E-state index in [2.05, 4.69) is 10.3 Å². The van der Waals surface area contributed by atoms with Gasteiger partial charge in [0, 0.05) is 5.54 Å². The summed E-state index contributed by atoms with van der Waals surface area (Å²) in [5.41, 5.74) is 6.77. The fourth-order valence-corrected chi connectivity index (χ4v) is 1.69. The predicted molar refractivity (Wildman–Crippen MR) is 82.4 cm³/mol. The van der Waals surface area contributed by atoms with Gasteiger partial charge in [0.05, 0.1) is 20.3 Å². The Morgan fingerprint density at radius 1 is 1.30 bits per heavy atom. The quantitative estimate of drug-likeness (QED) is 0.641. The summed E-state index contributed by atoms with van der Waals surface area (Å²) in [6.45, 7) is 9.15. The van der Waals surface area contributed by atoms with Crippen LogP contribution in [0.25, 0.3) is 0 Å². The second-order valence-electron chi connectivity index (χ2n) is 5.49. The van der Waals surface area contributed by atoms with Crippen LogP contribution in [0.2, 0.25) is 0 Å². The zero-order chi connectivity index (χ0) is 15.2. The van der Waals surface area contributed by atoms with Crippen molar-refractivity contribution in [1.29, 1.82) is 0 Å². The Bertz CT molecular complexity index is 465. The van der Waals surface area contributed by atoms with E-state index < -0.39 is 0 Å². The van der Waals surface area contributed by atoms with Gasteiger partial charge in [-0.1, -0.05) is 6.07 Å². The molecule has 0 atom stereocenters. The van der Waals surface area contributed by atoms with Crippen molar-refractivity contribution in [3.05, 3.63) is 23.8 Å². The largest absolute Gasteiger partial charge is 0.493 e. The highest BCUT2D eigenvalue weighted by molar-refractivity contribution is 5.78. The molecule has 0 aliphatic rings. The minimum Gasteiger partial charge on any atom is -0.493 e. The van der Waals surface area contributed by atoms with Gasteiger partial charge in [0.2, 0.25) is 0 Å². The van der Waals surface area contributed by atoms with Crippen molar-refractivity contribution >= 4 is 5.96 Å². The zero-order valence-corrected chi connectivity index (χ0v) is 13.0. The number of methoxy groups -OCH3 is 1. The first kappa shape index (κ1) is 16.1. The van der Waals surface area contributed by atoms with Crippen LogP contribution in [-0.2, 0) is 6.54 Å². The Morgan fingerprint density at radius 3 is 2.55 bits per heavy atom. The molecular formula is C15H25N3O2. The second-order valence-corrected chi connectivity index (χ2v) is 5.49. The average Bonchev–Trinajstić information content (AvgIpc) is 2.35. The lowest BCUT2D eigenvalue weighted by molar-refractivity contribution is 0.310. The molecule has 1 rings (SSSR count). The highest BCUT2D eigenvalue weighted by Crippen LogP contribution is 2.28. The maximum Gasteiger partial charge on any atom is 0.189 e. The van der Waals surface area contributed by atoms with Gasteiger partial charge in [0.15, 0.2) is 17.5 Å². The highest BCUT2D eigenvalue weighted by Gasteiger charge is 2.10. The number of nitrogens with zero attached hydrogens (tertiary/aromatic N) is 1. The number of aliphatic imine (C=N–C) groups is 1. The minimum absolute atomic E-state index is 0.0933. The van der Waals surface area contributed by atoms with Crippen LogP contribution in [0, 0.1) is 0 Å². The van der Waals surface area contributed by atoms with E-state index in [1.807, 2.05) is 45.9 Å². The SMILES string of the molecule is CCOc1cc(CN=C(N)NC(C)(C)C)ccc1OC. The molecule has 0 bridgehead atoms. The van der Waals surface area contributed by atoms with Gasteiger partial charge in [-0.3, -0.25) is 0 Å². The van der Waals surface area contributed by atoms with E-state index in [1.54, 1.807) is 7.11 Å². The topological polar surface area (TPSA) is 68.9 Å². The van der Waals surface area contributed by atoms with Crippen molar-refractivity contribution in [3.63, 3.8) is 0 Å². The van der Waals surface area contributed by atoms with Gasteiger partial charge in [-0.05, 0) is 45.4 Å². The lowest BCUT2D eigenvalue weighted by Gasteiger charge is -2.21. The average molecular weight is 279 g/mol. The molecule has 0 saturated heterocycles. The maximum atomic E-state index is 5.84. The van der Waals surface area contributed by atoms with Crippen LogP contribution in [0.15, 0.2) is 23.2 Å². The molecule has 20 heavy (non-hydrogen) atoms. The lowest BCUT2D eigenvalue weighted by Crippen LogP contribution is -2.44. The fourth-order valence-electron chi connectivity index (χ4n) is 1.69. The van der Waals surface area contributed by atoms with Crippen molar-refractivity contribution in [1.82, 2.24) is 5.32 Å². The number of guanidine groups is 1. The van der Waals surface area contributed by atoms with Gasteiger partial charge < -0.3 is 20.5 Å². The molecule has 0 radical (unpaired) electrons. The number of ether oxygens (including phenoxy) is 2. The summed E-state index contributed by atoms with van der Waals surface area (Å²) in [4.78, 5) is 4.32. The number of hydrogen-bond donors (Lipinski definition) is 2. The first-order valence-electron chi connectivity index (χ1n) is 6.73. The van der Waals surface area contributed by atoms with Crippen molar-refractivity contribution in [2.45, 2.75) is 39.8 Å². The molecule has 5 nitrogen and oxygen atoms in total. The Labute approximate surface area is 121 Å². The number of nitrogens with one attached hydrogen (secondary N) is 1. The van der Waals surface area contributed by atoms with Crippen LogP contribution < -0.4 is 20.5 Å². The Morgan fingerprint density at radius 2 is 2.00 bits per heavy atom. The van der Waals surface area contributed by atoms with Crippen LogP contribution >= 0.6 is 0 Å². The number of hydrogen-bond acceptors (Lipinski definition) is 3. The number of nitrogens with two attached hydrogens (primary N) is 1. The fraction of sp³-hybridized carbons (Fsp3) is 0.533. The van der Waals surface area contributed by atoms with Gasteiger partial charge in [0.1, 0.15) is 0 Å². The van der Waals surface area contributed by atoms with Gasteiger partial charge in [0.25, 0.3) is 0 Å². The van der Waals surface area contributed by atoms with Crippen LogP contribution in [0.4, 0.5) is 0 Å². The zero-order valence-electron chi connectivity index (χ0n) is 13.0. The molecule has 5 heteroatoms. The van der Waals surface area contributed by atoms with Gasteiger partial charge in [-0.15, -0.1) is 0 Å². The van der Waals surface area contributed by atoms with Crippen molar-refractivity contribution < 1.29 is 9.47 Å². The van der Waals surface area contributed by atoms with Gasteiger partial charge in [-0.2, -0.15) is 0 Å². The number of benzene rings is 1. The molecule has 112 valence electrons. The van der Waals surface area contributed by atoms with E-state index in [0.717, 1.165) is 17.1 Å². The molecule has 1 aromatic carbocycles. The van der Waals surface area contributed by atoms with E-state index in [9.17, 15) is 0 Å². The smallest absolute Gasteiger partial charge is 0.189 e. The standard InChI is InChI=1S/C15H25N3O2/c1-6-20-13-9-11(7-8-12(13)19-5)10-17-14(16)18-15(2,3)4/h7-9H,6,10H2,1-5H3,(H3,16,17,18). The highest BCUT2D eigenvalue weighted by atomic mass is 16.5. The molecule has 0 amide bonds. The van der Waals surface area contributed by atoms with E-state index >= 15 is 0 Å². The predicted octanol–water partition coefficient (Wildman–Crippen LogP) is 2.30. The van der Waals surface area contributed by atoms with Gasteiger partial charge in [-0.25, -0.2) is 4.99 Å². The summed E-state index contributed by atoms with van der Waals surface area (Å²) in [5.74, 6) is 1.89. The molecule has 0 fully saturated rings. The van der Waals surface area contributed by atoms with Crippen molar-refractivity contribution in [3.8, 4) is 11.5 Å². The summed E-state index contributed by atoms with van der Waals surface area (Å²) in [5, 5.41) is 3.12. The third-order valence-corrected chi connectivity index (χ3v) is 2.46. The number of rotatable bonds is 5. The minimum atomic E-state index is -0.0933. The third kappa shape index (κ3) is 5.38. The Kier molecular flexibility index (Phi) is 5.67. The molecule has 0 aromatic heterocycles. The van der Waals surface area contributed by atoms with Crippen LogP contribution in [0.5, 0.6) is 11.5 Å². The Balaban J connectivity index is 2.78. The van der Waals surface area contributed by atoms with Gasteiger partial charge >= 0.3 is 0 Å². The first-order valence-corrected chi connectivity index (χ1v) is 6.73. The van der Waals surface area contributed by atoms with E-state index in [4.69, 9.17) is 15.2 Å². The summed E-state index contributed by atoms with van der Waals surface area (Å²) in [6, 6.07) is 5.76. The molecule has 0 heterocycles. The van der Waals surface area contributed by atoms with Crippen molar-refractivity contribution in [2.24, 2.45) is 10.7 Å². The summed E-state index contributed by atoms with van der Waals surface area (Å²) < 4.78 is 10.8. The van der Waals surface area contributed by atoms with E-state index in [-0.39, 0.29) is 5.54 Å². The van der Waals surface area contributed by atoms with Crippen molar-refractivity contribution in [2.75, 3.05) is 13.7 Å². The molecule has 0 spiro atoms. The summed E-state index contributed by atoms with van der Waals surface area (Å²) >= 11 is 0. The molecule has 0 aliphatic heterocycles. The van der Waals surface area contributed by atoms with E-state index in [0.29, 0.717) is 19.1 Å². The molecular weight excluding hydrogens is 254 g/mol. The molecule has 3 N–H and O–H groups in total. The molecule has 0 saturated carbocycles. The molecule has 1 aromatic rings. The Hall–Kier alpha value is -1.91. The molecule has 0 aliphatic carbocycles. The normalized spacial score (nSPS) is 12.2.